The molecule has 0 saturated heterocycles. The molecule has 4 nitrogen and oxygen atoms in total. The highest BCUT2D eigenvalue weighted by Gasteiger charge is 2.10. The third-order valence-electron chi connectivity index (χ3n) is 1.65. The van der Waals surface area contributed by atoms with Gasteiger partial charge in [-0.2, -0.15) is 0 Å². The highest BCUT2D eigenvalue weighted by atomic mass is 15.4. The number of aromatic nitrogens is 3. The lowest BCUT2D eigenvalue weighted by atomic mass is 10.1. The van der Waals surface area contributed by atoms with Crippen LogP contribution in [0.2, 0.25) is 0 Å². The minimum atomic E-state index is 0.115. The van der Waals surface area contributed by atoms with E-state index in [2.05, 4.69) is 21.5 Å². The quantitative estimate of drug-likeness (QED) is 0.644. The van der Waals surface area contributed by atoms with Gasteiger partial charge in [0.1, 0.15) is 5.69 Å². The topological polar surface area (TPSA) is 42.7 Å². The molecule has 1 N–H and O–H groups in total. The number of hydrogen-bond donors (Lipinski definition) is 1. The Morgan fingerprint density at radius 3 is 3.00 bits per heavy atom. The SMILES string of the molecule is C#CCC(NC)c1cn(C)nn1. The van der Waals surface area contributed by atoms with E-state index in [0.717, 1.165) is 5.69 Å². The smallest absolute Gasteiger partial charge is 0.101 e. The first-order chi connectivity index (χ1) is 5.77. The Kier molecular flexibility index (Phi) is 2.83. The Morgan fingerprint density at radius 2 is 2.58 bits per heavy atom. The number of hydrogen-bond acceptors (Lipinski definition) is 3. The summed E-state index contributed by atoms with van der Waals surface area (Å²) in [4.78, 5) is 0. The molecule has 0 aromatic carbocycles. The van der Waals surface area contributed by atoms with Crippen LogP contribution in [-0.4, -0.2) is 22.0 Å². The van der Waals surface area contributed by atoms with Gasteiger partial charge >= 0.3 is 0 Å². The molecule has 1 rings (SSSR count). The molecule has 0 saturated carbocycles. The second-order valence-corrected chi connectivity index (χ2v) is 2.57. The van der Waals surface area contributed by atoms with Gasteiger partial charge in [0, 0.05) is 19.7 Å². The second-order valence-electron chi connectivity index (χ2n) is 2.57. The molecule has 0 radical (unpaired) electrons. The van der Waals surface area contributed by atoms with E-state index in [1.54, 1.807) is 4.68 Å². The maximum Gasteiger partial charge on any atom is 0.101 e. The molecule has 1 unspecified atom stereocenters. The predicted molar refractivity (Wildman–Crippen MR) is 46.3 cm³/mol. The monoisotopic (exact) mass is 164 g/mol. The first-order valence-corrected chi connectivity index (χ1v) is 3.75. The summed E-state index contributed by atoms with van der Waals surface area (Å²) in [5.41, 5.74) is 0.887. The number of aryl methyl sites for hydroxylation is 1. The van der Waals surface area contributed by atoms with Gasteiger partial charge < -0.3 is 5.32 Å². The summed E-state index contributed by atoms with van der Waals surface area (Å²) in [6, 6.07) is 0.115. The molecule has 0 bridgehead atoms. The summed E-state index contributed by atoms with van der Waals surface area (Å²) in [5.74, 6) is 2.59. The lowest BCUT2D eigenvalue weighted by molar-refractivity contribution is 0.592. The first kappa shape index (κ1) is 8.75. The van der Waals surface area contributed by atoms with E-state index in [9.17, 15) is 0 Å². The average Bonchev–Trinajstić information content (AvgIpc) is 2.47. The van der Waals surface area contributed by atoms with Crippen molar-refractivity contribution in [3.8, 4) is 12.3 Å². The van der Waals surface area contributed by atoms with E-state index >= 15 is 0 Å². The molecule has 4 heteroatoms. The summed E-state index contributed by atoms with van der Waals surface area (Å²) < 4.78 is 1.66. The van der Waals surface area contributed by atoms with Gasteiger partial charge in [-0.15, -0.1) is 17.4 Å². The minimum Gasteiger partial charge on any atom is -0.311 e. The molecular weight excluding hydrogens is 152 g/mol. The van der Waals surface area contributed by atoms with Crippen molar-refractivity contribution in [1.82, 2.24) is 20.3 Å². The van der Waals surface area contributed by atoms with Crippen molar-refractivity contribution in [2.24, 2.45) is 7.05 Å². The molecule has 0 fully saturated rings. The summed E-state index contributed by atoms with van der Waals surface area (Å²) in [7, 11) is 3.69. The predicted octanol–water partition coefficient (Wildman–Crippen LogP) is 0.0989. The van der Waals surface area contributed by atoms with Gasteiger partial charge in [-0.1, -0.05) is 5.21 Å². The van der Waals surface area contributed by atoms with Gasteiger partial charge in [0.2, 0.25) is 0 Å². The molecule has 12 heavy (non-hydrogen) atoms. The van der Waals surface area contributed by atoms with Crippen LogP contribution in [0.1, 0.15) is 18.2 Å². The molecule has 0 aliphatic rings. The molecule has 64 valence electrons. The van der Waals surface area contributed by atoms with E-state index in [0.29, 0.717) is 6.42 Å². The highest BCUT2D eigenvalue weighted by Crippen LogP contribution is 2.10. The van der Waals surface area contributed by atoms with Crippen molar-refractivity contribution in [1.29, 1.82) is 0 Å². The molecule has 1 atom stereocenters. The minimum absolute atomic E-state index is 0.115. The molecule has 0 spiro atoms. The van der Waals surface area contributed by atoms with Crippen molar-refractivity contribution < 1.29 is 0 Å². The molecule has 0 amide bonds. The van der Waals surface area contributed by atoms with Crippen LogP contribution in [0, 0.1) is 12.3 Å². The Hall–Kier alpha value is -1.34. The zero-order valence-corrected chi connectivity index (χ0v) is 7.28. The molecule has 1 aromatic rings. The van der Waals surface area contributed by atoms with Crippen molar-refractivity contribution in [2.75, 3.05) is 7.05 Å². The van der Waals surface area contributed by atoms with Crippen LogP contribution in [0.25, 0.3) is 0 Å². The van der Waals surface area contributed by atoms with E-state index < -0.39 is 0 Å². The fraction of sp³-hybridized carbons (Fsp3) is 0.500. The van der Waals surface area contributed by atoms with Crippen molar-refractivity contribution >= 4 is 0 Å². The van der Waals surface area contributed by atoms with Gasteiger partial charge in [0.05, 0.1) is 6.04 Å². The van der Waals surface area contributed by atoms with Crippen LogP contribution >= 0.6 is 0 Å². The third-order valence-corrected chi connectivity index (χ3v) is 1.65. The van der Waals surface area contributed by atoms with Crippen LogP contribution in [0.15, 0.2) is 6.20 Å². The van der Waals surface area contributed by atoms with E-state index in [1.165, 1.54) is 0 Å². The first-order valence-electron chi connectivity index (χ1n) is 3.75. The van der Waals surface area contributed by atoms with E-state index in [1.807, 2.05) is 20.3 Å². The summed E-state index contributed by atoms with van der Waals surface area (Å²) >= 11 is 0. The zero-order chi connectivity index (χ0) is 8.97. The van der Waals surface area contributed by atoms with Gasteiger partial charge in [-0.05, 0) is 7.05 Å². The lowest BCUT2D eigenvalue weighted by Crippen LogP contribution is -2.16. The highest BCUT2D eigenvalue weighted by molar-refractivity contribution is 5.05. The van der Waals surface area contributed by atoms with Gasteiger partial charge in [-0.25, -0.2) is 0 Å². The van der Waals surface area contributed by atoms with Crippen LogP contribution in [0.3, 0.4) is 0 Å². The van der Waals surface area contributed by atoms with Gasteiger partial charge in [-0.3, -0.25) is 4.68 Å². The Bertz CT molecular complexity index is 283. The molecule has 0 aliphatic carbocycles. The molecule has 0 aliphatic heterocycles. The molecular formula is C8H12N4. The average molecular weight is 164 g/mol. The van der Waals surface area contributed by atoms with Crippen LogP contribution < -0.4 is 5.32 Å². The maximum atomic E-state index is 5.20. The molecule has 1 aromatic heterocycles. The summed E-state index contributed by atoms with van der Waals surface area (Å²) in [5, 5.41) is 10.9. The number of nitrogens with zero attached hydrogens (tertiary/aromatic N) is 3. The van der Waals surface area contributed by atoms with Crippen molar-refractivity contribution in [3.63, 3.8) is 0 Å². The zero-order valence-electron chi connectivity index (χ0n) is 7.28. The van der Waals surface area contributed by atoms with Crippen molar-refractivity contribution in [2.45, 2.75) is 12.5 Å². The number of terminal acetylenes is 1. The Balaban J connectivity index is 2.74. The van der Waals surface area contributed by atoms with E-state index in [4.69, 9.17) is 6.42 Å². The fourth-order valence-corrected chi connectivity index (χ4v) is 0.997. The Labute approximate surface area is 72.0 Å². The van der Waals surface area contributed by atoms with Crippen LogP contribution in [0.4, 0.5) is 0 Å². The fourth-order valence-electron chi connectivity index (χ4n) is 0.997. The molecule has 1 heterocycles. The number of rotatable bonds is 3. The Morgan fingerprint density at radius 1 is 1.83 bits per heavy atom. The number of nitrogens with one attached hydrogen (secondary N) is 1. The largest absolute Gasteiger partial charge is 0.311 e. The maximum absolute atomic E-state index is 5.20. The van der Waals surface area contributed by atoms with Crippen LogP contribution in [-0.2, 0) is 7.05 Å². The van der Waals surface area contributed by atoms with Crippen LogP contribution in [0.5, 0.6) is 0 Å². The van der Waals surface area contributed by atoms with Gasteiger partial charge in [0.15, 0.2) is 0 Å². The van der Waals surface area contributed by atoms with Gasteiger partial charge in [0.25, 0.3) is 0 Å². The lowest BCUT2D eigenvalue weighted by Gasteiger charge is -2.07. The van der Waals surface area contributed by atoms with E-state index in [-0.39, 0.29) is 6.04 Å². The van der Waals surface area contributed by atoms with Crippen molar-refractivity contribution in [3.05, 3.63) is 11.9 Å². The summed E-state index contributed by atoms with van der Waals surface area (Å²) in [6.45, 7) is 0. The normalized spacial score (nSPS) is 12.4. The summed E-state index contributed by atoms with van der Waals surface area (Å²) in [6.07, 6.45) is 7.70. The third kappa shape index (κ3) is 1.83. The second kappa shape index (κ2) is 3.88. The standard InChI is InChI=1S/C8H12N4/c1-4-5-7(9-2)8-6-12(3)11-10-8/h1,6-7,9H,5H2,2-3H3.